The van der Waals surface area contributed by atoms with Crippen molar-refractivity contribution in [2.75, 3.05) is 5.33 Å². The topological polar surface area (TPSA) is 0 Å². The molecule has 19 heavy (non-hydrogen) atoms. The summed E-state index contributed by atoms with van der Waals surface area (Å²) >= 11 is 3.56. The lowest BCUT2D eigenvalue weighted by atomic mass is 9.93. The lowest BCUT2D eigenvalue weighted by Gasteiger charge is -2.15. The highest BCUT2D eigenvalue weighted by atomic mass is 79.9. The summed E-state index contributed by atoms with van der Waals surface area (Å²) in [5, 5.41) is 0.821. The maximum atomic E-state index is 13.9. The van der Waals surface area contributed by atoms with Crippen LogP contribution in [-0.2, 0) is 0 Å². The summed E-state index contributed by atoms with van der Waals surface area (Å²) in [4.78, 5) is 0. The molecule has 0 bridgehead atoms. The maximum Gasteiger partial charge on any atom is 0.126 e. The zero-order valence-electron chi connectivity index (χ0n) is 10.6. The second-order valence-electron chi connectivity index (χ2n) is 5.20. The van der Waals surface area contributed by atoms with Crippen molar-refractivity contribution in [1.82, 2.24) is 0 Å². The third-order valence-corrected chi connectivity index (χ3v) is 4.75. The van der Waals surface area contributed by atoms with Gasteiger partial charge in [0.05, 0.1) is 0 Å². The molecule has 0 N–H and O–H groups in total. The Kier molecular flexibility index (Phi) is 3.69. The van der Waals surface area contributed by atoms with Gasteiger partial charge in [-0.15, -0.1) is 0 Å². The van der Waals surface area contributed by atoms with Gasteiger partial charge in [-0.1, -0.05) is 64.5 Å². The molecular weight excluding hydrogens is 303 g/mol. The Bertz CT molecular complexity index is 552. The predicted molar refractivity (Wildman–Crippen MR) is 80.2 cm³/mol. The molecule has 0 aliphatic heterocycles. The van der Waals surface area contributed by atoms with Crippen molar-refractivity contribution in [3.63, 3.8) is 0 Å². The molecule has 1 aliphatic carbocycles. The van der Waals surface area contributed by atoms with Crippen LogP contribution in [0.25, 0.3) is 0 Å². The van der Waals surface area contributed by atoms with E-state index < -0.39 is 0 Å². The van der Waals surface area contributed by atoms with Crippen LogP contribution in [0.3, 0.4) is 0 Å². The SMILES string of the molecule is Fc1ccccc1C(CBr)C1CC1c1ccccc1. The van der Waals surface area contributed by atoms with Gasteiger partial charge < -0.3 is 0 Å². The molecule has 1 fully saturated rings. The van der Waals surface area contributed by atoms with Crippen LogP contribution in [0.4, 0.5) is 4.39 Å². The summed E-state index contributed by atoms with van der Waals surface area (Å²) in [6, 6.07) is 17.7. The molecule has 2 aromatic carbocycles. The second-order valence-corrected chi connectivity index (χ2v) is 5.85. The summed E-state index contributed by atoms with van der Waals surface area (Å²) in [7, 11) is 0. The fraction of sp³-hybridized carbons (Fsp3) is 0.294. The largest absolute Gasteiger partial charge is 0.207 e. The Balaban J connectivity index is 1.81. The number of alkyl halides is 1. The molecule has 0 radical (unpaired) electrons. The van der Waals surface area contributed by atoms with E-state index in [2.05, 4.69) is 40.2 Å². The first-order valence-electron chi connectivity index (χ1n) is 6.66. The molecule has 0 heterocycles. The highest BCUT2D eigenvalue weighted by molar-refractivity contribution is 9.09. The summed E-state index contributed by atoms with van der Waals surface area (Å²) in [6.45, 7) is 0. The van der Waals surface area contributed by atoms with Gasteiger partial charge in [0, 0.05) is 5.33 Å². The minimum Gasteiger partial charge on any atom is -0.207 e. The average molecular weight is 319 g/mol. The second kappa shape index (κ2) is 5.46. The van der Waals surface area contributed by atoms with Crippen LogP contribution in [0.2, 0.25) is 0 Å². The van der Waals surface area contributed by atoms with Gasteiger partial charge in [0.1, 0.15) is 5.82 Å². The normalized spacial score (nSPS) is 23.1. The van der Waals surface area contributed by atoms with Gasteiger partial charge in [0.25, 0.3) is 0 Å². The number of benzene rings is 2. The first-order chi connectivity index (χ1) is 9.31. The van der Waals surface area contributed by atoms with E-state index in [9.17, 15) is 4.39 Å². The zero-order valence-corrected chi connectivity index (χ0v) is 12.2. The van der Waals surface area contributed by atoms with Crippen LogP contribution in [0, 0.1) is 11.7 Å². The lowest BCUT2D eigenvalue weighted by Crippen LogP contribution is -2.06. The quantitative estimate of drug-likeness (QED) is 0.687. The fourth-order valence-electron chi connectivity index (χ4n) is 2.95. The smallest absolute Gasteiger partial charge is 0.126 e. The van der Waals surface area contributed by atoms with Crippen LogP contribution >= 0.6 is 15.9 Å². The van der Waals surface area contributed by atoms with Crippen molar-refractivity contribution >= 4 is 15.9 Å². The summed E-state index contributed by atoms with van der Waals surface area (Å²) < 4.78 is 13.9. The van der Waals surface area contributed by atoms with E-state index in [4.69, 9.17) is 0 Å². The minimum atomic E-state index is -0.0781. The lowest BCUT2D eigenvalue weighted by molar-refractivity contribution is 0.565. The fourth-order valence-corrected chi connectivity index (χ4v) is 3.78. The molecule has 3 unspecified atom stereocenters. The van der Waals surface area contributed by atoms with Crippen molar-refractivity contribution in [2.45, 2.75) is 18.3 Å². The molecule has 98 valence electrons. The highest BCUT2D eigenvalue weighted by Crippen LogP contribution is 2.55. The Morgan fingerprint density at radius 1 is 1.05 bits per heavy atom. The molecule has 3 rings (SSSR count). The van der Waals surface area contributed by atoms with Gasteiger partial charge in [-0.3, -0.25) is 0 Å². The molecule has 1 aliphatic rings. The van der Waals surface area contributed by atoms with E-state index in [1.165, 1.54) is 5.56 Å². The number of hydrogen-bond acceptors (Lipinski definition) is 0. The van der Waals surface area contributed by atoms with Crippen LogP contribution in [0.5, 0.6) is 0 Å². The minimum absolute atomic E-state index is 0.0781. The van der Waals surface area contributed by atoms with Gasteiger partial charge in [-0.2, -0.15) is 0 Å². The molecule has 3 atom stereocenters. The Labute approximate surface area is 121 Å². The van der Waals surface area contributed by atoms with Gasteiger partial charge in [-0.05, 0) is 41.4 Å². The Hall–Kier alpha value is -1.15. The van der Waals surface area contributed by atoms with E-state index in [0.29, 0.717) is 11.8 Å². The monoisotopic (exact) mass is 318 g/mol. The van der Waals surface area contributed by atoms with Crippen LogP contribution in [-0.4, -0.2) is 5.33 Å². The molecule has 0 aromatic heterocycles. The van der Waals surface area contributed by atoms with Crippen LogP contribution in [0.1, 0.15) is 29.4 Å². The predicted octanol–water partition coefficient (Wildman–Crippen LogP) is 5.11. The molecule has 1 saturated carbocycles. The van der Waals surface area contributed by atoms with E-state index in [0.717, 1.165) is 17.3 Å². The molecule has 2 aromatic rings. The maximum absolute atomic E-state index is 13.9. The van der Waals surface area contributed by atoms with Crippen molar-refractivity contribution in [3.05, 3.63) is 71.5 Å². The molecule has 0 amide bonds. The molecule has 0 nitrogen and oxygen atoms in total. The third kappa shape index (κ3) is 2.59. The Morgan fingerprint density at radius 3 is 2.42 bits per heavy atom. The highest BCUT2D eigenvalue weighted by Gasteiger charge is 2.44. The van der Waals surface area contributed by atoms with E-state index in [-0.39, 0.29) is 11.7 Å². The van der Waals surface area contributed by atoms with E-state index in [1.54, 1.807) is 12.1 Å². The Morgan fingerprint density at radius 2 is 1.74 bits per heavy atom. The molecule has 0 spiro atoms. The molecule has 0 saturated heterocycles. The summed E-state index contributed by atoms with van der Waals surface area (Å²) in [6.07, 6.45) is 1.16. The van der Waals surface area contributed by atoms with Gasteiger partial charge in [0.15, 0.2) is 0 Å². The first-order valence-corrected chi connectivity index (χ1v) is 7.78. The van der Waals surface area contributed by atoms with Gasteiger partial charge in [-0.25, -0.2) is 4.39 Å². The average Bonchev–Trinajstić information content (AvgIpc) is 3.23. The van der Waals surface area contributed by atoms with Crippen LogP contribution < -0.4 is 0 Å². The summed E-state index contributed by atoms with van der Waals surface area (Å²) in [5.74, 6) is 1.33. The third-order valence-electron chi connectivity index (χ3n) is 4.06. The standard InChI is InChI=1S/C17H16BrF/c18-11-16(13-8-4-5-9-17(13)19)15-10-14(15)12-6-2-1-3-7-12/h1-9,14-16H,10-11H2. The van der Waals surface area contributed by atoms with Crippen molar-refractivity contribution in [1.29, 1.82) is 0 Å². The van der Waals surface area contributed by atoms with E-state index >= 15 is 0 Å². The van der Waals surface area contributed by atoms with Crippen LogP contribution in [0.15, 0.2) is 54.6 Å². The van der Waals surface area contributed by atoms with Crippen molar-refractivity contribution < 1.29 is 4.39 Å². The first kappa shape index (κ1) is 12.9. The molecular formula is C17H16BrF. The molecule has 2 heteroatoms. The number of rotatable bonds is 4. The van der Waals surface area contributed by atoms with E-state index in [1.807, 2.05) is 18.2 Å². The number of halogens is 2. The van der Waals surface area contributed by atoms with Gasteiger partial charge >= 0.3 is 0 Å². The number of hydrogen-bond donors (Lipinski definition) is 0. The van der Waals surface area contributed by atoms with Gasteiger partial charge in [0.2, 0.25) is 0 Å². The van der Waals surface area contributed by atoms with Crippen molar-refractivity contribution in [3.8, 4) is 0 Å². The van der Waals surface area contributed by atoms with Crippen molar-refractivity contribution in [2.24, 2.45) is 5.92 Å². The zero-order chi connectivity index (χ0) is 13.2. The summed E-state index contributed by atoms with van der Waals surface area (Å²) in [5.41, 5.74) is 2.23.